The summed E-state index contributed by atoms with van der Waals surface area (Å²) in [6, 6.07) is 0. The lowest BCUT2D eigenvalue weighted by Crippen LogP contribution is -2.27. The van der Waals surface area contributed by atoms with E-state index in [9.17, 15) is 8.42 Å². The minimum atomic E-state index is -3.53. The van der Waals surface area contributed by atoms with E-state index in [-0.39, 0.29) is 11.5 Å². The quantitative estimate of drug-likeness (QED) is 0.795. The van der Waals surface area contributed by atoms with Crippen molar-refractivity contribution in [3.63, 3.8) is 0 Å². The third-order valence-corrected chi connectivity index (χ3v) is 5.93. The molecular formula is C14H25N3O3S. The highest BCUT2D eigenvalue weighted by Gasteiger charge is 2.24. The molecule has 120 valence electrons. The zero-order valence-electron chi connectivity index (χ0n) is 12.8. The lowest BCUT2D eigenvalue weighted by atomic mass is 10.1. The third kappa shape index (κ3) is 3.84. The molecule has 0 bridgehead atoms. The van der Waals surface area contributed by atoms with Gasteiger partial charge in [-0.3, -0.25) is 4.68 Å². The first-order valence-corrected chi connectivity index (χ1v) is 9.08. The van der Waals surface area contributed by atoms with Crippen molar-refractivity contribution in [2.24, 2.45) is 5.92 Å². The summed E-state index contributed by atoms with van der Waals surface area (Å²) in [5, 5.41) is 13.2. The number of nitrogens with one attached hydrogen (secondary N) is 1. The zero-order chi connectivity index (χ0) is 15.5. The Hall–Kier alpha value is -0.920. The summed E-state index contributed by atoms with van der Waals surface area (Å²) in [5.41, 5.74) is 1.06. The normalized spacial score (nSPS) is 16.7. The van der Waals surface area contributed by atoms with Gasteiger partial charge in [0.15, 0.2) is 0 Å². The van der Waals surface area contributed by atoms with Crippen LogP contribution >= 0.6 is 0 Å². The Balaban J connectivity index is 2.04. The molecule has 2 rings (SSSR count). The van der Waals surface area contributed by atoms with Gasteiger partial charge in [-0.25, -0.2) is 13.1 Å². The molecule has 0 aromatic carbocycles. The predicted octanol–water partition coefficient (Wildman–Crippen LogP) is 1.35. The van der Waals surface area contributed by atoms with Gasteiger partial charge in [-0.2, -0.15) is 5.10 Å². The second-order valence-corrected chi connectivity index (χ2v) is 7.49. The SMILES string of the molecule is Cc1nn(CCO)c(C)c1S(=O)(=O)NCCC1CCCC1. The van der Waals surface area contributed by atoms with Crippen molar-refractivity contribution in [1.82, 2.24) is 14.5 Å². The molecule has 0 spiro atoms. The Morgan fingerprint density at radius 1 is 1.33 bits per heavy atom. The summed E-state index contributed by atoms with van der Waals surface area (Å²) >= 11 is 0. The summed E-state index contributed by atoms with van der Waals surface area (Å²) in [6.45, 7) is 4.14. The average molecular weight is 315 g/mol. The second-order valence-electron chi connectivity index (χ2n) is 5.78. The number of sulfonamides is 1. The van der Waals surface area contributed by atoms with Crippen molar-refractivity contribution in [1.29, 1.82) is 0 Å². The Bertz CT molecular complexity index is 575. The van der Waals surface area contributed by atoms with E-state index in [1.54, 1.807) is 18.5 Å². The van der Waals surface area contributed by atoms with Crippen LogP contribution in [0.3, 0.4) is 0 Å². The highest BCUT2D eigenvalue weighted by atomic mass is 32.2. The maximum atomic E-state index is 12.4. The van der Waals surface area contributed by atoms with Crippen molar-refractivity contribution >= 4 is 10.0 Å². The highest BCUT2D eigenvalue weighted by Crippen LogP contribution is 2.27. The van der Waals surface area contributed by atoms with Crippen molar-refractivity contribution in [2.75, 3.05) is 13.2 Å². The molecule has 0 radical (unpaired) electrons. The minimum absolute atomic E-state index is 0.0590. The summed E-state index contributed by atoms with van der Waals surface area (Å²) in [7, 11) is -3.53. The van der Waals surface area contributed by atoms with E-state index in [4.69, 9.17) is 5.11 Å². The van der Waals surface area contributed by atoms with Gasteiger partial charge < -0.3 is 5.11 Å². The molecule has 1 saturated carbocycles. The van der Waals surface area contributed by atoms with Crippen molar-refractivity contribution in [3.8, 4) is 0 Å². The fraction of sp³-hybridized carbons (Fsp3) is 0.786. The molecule has 1 aromatic rings. The molecule has 7 heteroatoms. The molecule has 21 heavy (non-hydrogen) atoms. The summed E-state index contributed by atoms with van der Waals surface area (Å²) < 4.78 is 29.1. The van der Waals surface area contributed by atoms with E-state index >= 15 is 0 Å². The van der Waals surface area contributed by atoms with Gasteiger partial charge in [0.25, 0.3) is 0 Å². The largest absolute Gasteiger partial charge is 0.394 e. The van der Waals surface area contributed by atoms with Gasteiger partial charge in [0, 0.05) is 6.54 Å². The molecule has 1 aliphatic carbocycles. The number of hydrogen-bond acceptors (Lipinski definition) is 4. The van der Waals surface area contributed by atoms with E-state index in [1.807, 2.05) is 0 Å². The van der Waals surface area contributed by atoms with Crippen LogP contribution in [0.25, 0.3) is 0 Å². The molecule has 0 saturated heterocycles. The Morgan fingerprint density at radius 3 is 2.62 bits per heavy atom. The first kappa shape index (κ1) is 16.5. The van der Waals surface area contributed by atoms with Gasteiger partial charge in [-0.1, -0.05) is 25.7 Å². The standard InChI is InChI=1S/C14H25N3O3S/c1-11-14(12(2)17(16-11)9-10-18)21(19,20)15-8-7-13-5-3-4-6-13/h13,15,18H,3-10H2,1-2H3. The van der Waals surface area contributed by atoms with Crippen LogP contribution < -0.4 is 4.72 Å². The van der Waals surface area contributed by atoms with E-state index in [2.05, 4.69) is 9.82 Å². The molecule has 0 aliphatic heterocycles. The van der Waals surface area contributed by atoms with Gasteiger partial charge in [-0.15, -0.1) is 0 Å². The summed E-state index contributed by atoms with van der Waals surface area (Å²) in [4.78, 5) is 0.252. The molecule has 1 aromatic heterocycles. The van der Waals surface area contributed by atoms with Crippen molar-refractivity contribution in [2.45, 2.75) is 57.4 Å². The smallest absolute Gasteiger partial charge is 0.244 e. The molecule has 0 unspecified atom stereocenters. The van der Waals surface area contributed by atoms with Crippen molar-refractivity contribution < 1.29 is 13.5 Å². The average Bonchev–Trinajstić information content (AvgIpc) is 2.99. The summed E-state index contributed by atoms with van der Waals surface area (Å²) in [5.74, 6) is 0.659. The fourth-order valence-corrected chi connectivity index (χ4v) is 4.61. The van der Waals surface area contributed by atoms with Gasteiger partial charge in [0.05, 0.1) is 24.5 Å². The number of aliphatic hydroxyl groups excluding tert-OH is 1. The molecular weight excluding hydrogens is 290 g/mol. The second kappa shape index (κ2) is 6.89. The van der Waals surface area contributed by atoms with Crippen LogP contribution in [0.1, 0.15) is 43.5 Å². The topological polar surface area (TPSA) is 84.2 Å². The Labute approximate surface area is 126 Å². The maximum Gasteiger partial charge on any atom is 0.244 e. The number of aliphatic hydroxyl groups is 1. The predicted molar refractivity (Wildman–Crippen MR) is 80.6 cm³/mol. The molecule has 0 atom stereocenters. The molecule has 0 amide bonds. The van der Waals surface area contributed by atoms with Crippen LogP contribution in [0.5, 0.6) is 0 Å². The third-order valence-electron chi connectivity index (χ3n) is 4.22. The van der Waals surface area contributed by atoms with Gasteiger partial charge in [0.2, 0.25) is 10.0 Å². The molecule has 1 aliphatic rings. The van der Waals surface area contributed by atoms with Crippen LogP contribution in [0.2, 0.25) is 0 Å². The Morgan fingerprint density at radius 2 is 2.00 bits per heavy atom. The fourth-order valence-electron chi connectivity index (χ4n) is 3.15. The lowest BCUT2D eigenvalue weighted by Gasteiger charge is -2.11. The van der Waals surface area contributed by atoms with Crippen LogP contribution in [-0.2, 0) is 16.6 Å². The molecule has 1 fully saturated rings. The monoisotopic (exact) mass is 315 g/mol. The number of rotatable bonds is 7. The zero-order valence-corrected chi connectivity index (χ0v) is 13.6. The van der Waals surface area contributed by atoms with Crippen LogP contribution in [-0.4, -0.2) is 36.5 Å². The highest BCUT2D eigenvalue weighted by molar-refractivity contribution is 7.89. The number of nitrogens with zero attached hydrogens (tertiary/aromatic N) is 2. The lowest BCUT2D eigenvalue weighted by molar-refractivity contribution is 0.267. The van der Waals surface area contributed by atoms with Gasteiger partial charge >= 0.3 is 0 Å². The number of aromatic nitrogens is 2. The first-order valence-electron chi connectivity index (χ1n) is 7.60. The number of hydrogen-bond donors (Lipinski definition) is 2. The molecule has 2 N–H and O–H groups in total. The molecule has 6 nitrogen and oxygen atoms in total. The minimum Gasteiger partial charge on any atom is -0.394 e. The van der Waals surface area contributed by atoms with E-state index in [0.717, 1.165) is 6.42 Å². The van der Waals surface area contributed by atoms with Crippen LogP contribution in [0, 0.1) is 19.8 Å². The van der Waals surface area contributed by atoms with Crippen LogP contribution in [0.15, 0.2) is 4.90 Å². The van der Waals surface area contributed by atoms with Gasteiger partial charge in [0.1, 0.15) is 4.90 Å². The number of aryl methyl sites for hydroxylation is 1. The van der Waals surface area contributed by atoms with Crippen molar-refractivity contribution in [3.05, 3.63) is 11.4 Å². The maximum absolute atomic E-state index is 12.4. The first-order chi connectivity index (χ1) is 9.95. The Kier molecular flexibility index (Phi) is 5.40. The van der Waals surface area contributed by atoms with Crippen LogP contribution in [0.4, 0.5) is 0 Å². The van der Waals surface area contributed by atoms with E-state index in [0.29, 0.717) is 30.4 Å². The summed E-state index contributed by atoms with van der Waals surface area (Å²) in [6.07, 6.45) is 5.87. The van der Waals surface area contributed by atoms with Gasteiger partial charge in [-0.05, 0) is 26.2 Å². The molecule has 1 heterocycles. The van der Waals surface area contributed by atoms with E-state index < -0.39 is 10.0 Å². The van der Waals surface area contributed by atoms with E-state index in [1.165, 1.54) is 25.7 Å².